The molecule has 2 aliphatic rings. The van der Waals surface area contributed by atoms with Crippen molar-refractivity contribution in [2.45, 2.75) is 19.3 Å². The molecule has 0 spiro atoms. The standard InChI is InChI=1S/C21H18ClN3OS/c1-11-19-16-9-27-10-18(16)25-17-4-3-12(22)7-14(17)13-5-6-24(2)8-15(20(13)25)21(19)26-23-11/h3-4,7,9-10,15H,5-6,8H2,1-2H3. The topological polar surface area (TPSA) is 34.2 Å². The minimum absolute atomic E-state index is 0.160. The summed E-state index contributed by atoms with van der Waals surface area (Å²) in [6.07, 6.45) is 1.01. The second-order valence-corrected chi connectivity index (χ2v) is 8.78. The number of rotatable bonds is 0. The second kappa shape index (κ2) is 5.47. The first-order valence-electron chi connectivity index (χ1n) is 9.18. The van der Waals surface area contributed by atoms with Gasteiger partial charge in [0.25, 0.3) is 0 Å². The molecular formula is C21H18ClN3OS. The van der Waals surface area contributed by atoms with Gasteiger partial charge in [0.15, 0.2) is 5.76 Å². The fourth-order valence-electron chi connectivity index (χ4n) is 4.84. The Morgan fingerprint density at radius 2 is 2.19 bits per heavy atom. The number of thiophene rings is 1. The number of fused-ring (bicyclic) bond motifs is 8. The molecule has 0 aliphatic carbocycles. The molecule has 136 valence electrons. The fraction of sp³-hybridized carbons (Fsp3) is 0.286. The van der Waals surface area contributed by atoms with E-state index in [1.54, 1.807) is 11.3 Å². The lowest BCUT2D eigenvalue weighted by atomic mass is 9.93. The molecule has 1 unspecified atom stereocenters. The van der Waals surface area contributed by atoms with E-state index in [0.29, 0.717) is 0 Å². The molecule has 3 aromatic heterocycles. The van der Waals surface area contributed by atoms with Gasteiger partial charge >= 0.3 is 0 Å². The van der Waals surface area contributed by atoms with Crippen molar-refractivity contribution in [2.75, 3.05) is 20.1 Å². The first-order valence-corrected chi connectivity index (χ1v) is 10.5. The summed E-state index contributed by atoms with van der Waals surface area (Å²) >= 11 is 8.12. The molecule has 2 aliphatic heterocycles. The molecule has 0 radical (unpaired) electrons. The quantitative estimate of drug-likeness (QED) is 0.408. The van der Waals surface area contributed by atoms with E-state index >= 15 is 0 Å². The molecule has 0 saturated heterocycles. The second-order valence-electron chi connectivity index (χ2n) is 7.60. The van der Waals surface area contributed by atoms with E-state index in [-0.39, 0.29) is 5.92 Å². The lowest BCUT2D eigenvalue weighted by molar-refractivity contribution is 0.302. The smallest absolute Gasteiger partial charge is 0.155 e. The van der Waals surface area contributed by atoms with Gasteiger partial charge < -0.3 is 14.0 Å². The Labute approximate surface area is 165 Å². The van der Waals surface area contributed by atoms with Gasteiger partial charge in [0.2, 0.25) is 0 Å². The summed E-state index contributed by atoms with van der Waals surface area (Å²) in [5, 5.41) is 10.9. The summed E-state index contributed by atoms with van der Waals surface area (Å²) in [7, 11) is 2.19. The molecule has 4 aromatic rings. The maximum absolute atomic E-state index is 6.38. The largest absolute Gasteiger partial charge is 0.360 e. The highest BCUT2D eigenvalue weighted by molar-refractivity contribution is 7.08. The van der Waals surface area contributed by atoms with Crippen LogP contribution in [-0.4, -0.2) is 34.8 Å². The van der Waals surface area contributed by atoms with Crippen molar-refractivity contribution in [1.29, 1.82) is 0 Å². The predicted octanol–water partition coefficient (Wildman–Crippen LogP) is 5.24. The van der Waals surface area contributed by atoms with Crippen molar-refractivity contribution in [2.24, 2.45) is 0 Å². The average Bonchev–Trinajstić information content (AvgIpc) is 3.28. The Morgan fingerprint density at radius 1 is 1.30 bits per heavy atom. The number of hydrogen-bond acceptors (Lipinski definition) is 4. The van der Waals surface area contributed by atoms with Crippen molar-refractivity contribution < 1.29 is 4.52 Å². The van der Waals surface area contributed by atoms with Gasteiger partial charge in [0.1, 0.15) is 0 Å². The van der Waals surface area contributed by atoms with Crippen LogP contribution in [0.4, 0.5) is 0 Å². The number of aromatic nitrogens is 2. The molecule has 0 saturated carbocycles. The van der Waals surface area contributed by atoms with E-state index in [0.717, 1.165) is 36.0 Å². The normalized spacial score (nSPS) is 18.7. The number of nitrogens with zero attached hydrogens (tertiary/aromatic N) is 3. The van der Waals surface area contributed by atoms with Gasteiger partial charge in [0, 0.05) is 45.5 Å². The number of likely N-dealkylation sites (N-methyl/N-ethyl adjacent to an activating group) is 1. The third kappa shape index (κ3) is 2.05. The Morgan fingerprint density at radius 3 is 3.07 bits per heavy atom. The zero-order chi connectivity index (χ0) is 18.3. The van der Waals surface area contributed by atoms with Crippen molar-refractivity contribution in [3.05, 3.63) is 56.7 Å². The minimum atomic E-state index is 0.160. The first kappa shape index (κ1) is 15.9. The molecule has 1 atom stereocenters. The molecule has 1 aromatic carbocycles. The summed E-state index contributed by atoms with van der Waals surface area (Å²) in [6, 6.07) is 6.27. The van der Waals surface area contributed by atoms with E-state index in [1.165, 1.54) is 39.0 Å². The van der Waals surface area contributed by atoms with Crippen LogP contribution in [0.3, 0.4) is 0 Å². The van der Waals surface area contributed by atoms with E-state index in [1.807, 2.05) is 13.0 Å². The van der Waals surface area contributed by atoms with E-state index in [9.17, 15) is 0 Å². The molecule has 0 N–H and O–H groups in total. The summed E-state index contributed by atoms with van der Waals surface area (Å²) in [5.74, 6) is 1.15. The monoisotopic (exact) mass is 395 g/mol. The van der Waals surface area contributed by atoms with Crippen molar-refractivity contribution in [3.63, 3.8) is 0 Å². The Bertz CT molecular complexity index is 1220. The van der Waals surface area contributed by atoms with E-state index in [2.05, 4.69) is 44.6 Å². The van der Waals surface area contributed by atoms with Crippen LogP contribution in [0.5, 0.6) is 0 Å². The van der Waals surface area contributed by atoms with Crippen molar-refractivity contribution >= 4 is 33.8 Å². The minimum Gasteiger partial charge on any atom is -0.360 e. The van der Waals surface area contributed by atoms with E-state index < -0.39 is 0 Å². The van der Waals surface area contributed by atoms with Gasteiger partial charge in [-0.3, -0.25) is 0 Å². The number of benzene rings is 1. The summed E-state index contributed by atoms with van der Waals surface area (Å²) in [6.45, 7) is 3.99. The van der Waals surface area contributed by atoms with Gasteiger partial charge in [0.05, 0.1) is 28.4 Å². The summed E-state index contributed by atoms with van der Waals surface area (Å²) in [5.41, 5.74) is 8.55. The lowest BCUT2D eigenvalue weighted by Crippen LogP contribution is -2.25. The highest BCUT2D eigenvalue weighted by Crippen LogP contribution is 2.49. The van der Waals surface area contributed by atoms with Gasteiger partial charge in [-0.05, 0) is 44.2 Å². The van der Waals surface area contributed by atoms with Gasteiger partial charge in [-0.1, -0.05) is 16.8 Å². The number of halogens is 1. The maximum atomic E-state index is 6.38. The van der Waals surface area contributed by atoms with Crippen LogP contribution in [0, 0.1) is 6.92 Å². The maximum Gasteiger partial charge on any atom is 0.155 e. The van der Waals surface area contributed by atoms with Gasteiger partial charge in [-0.2, -0.15) is 0 Å². The third-order valence-electron chi connectivity index (χ3n) is 6.00. The molecule has 6 heteroatoms. The first-order chi connectivity index (χ1) is 13.1. The van der Waals surface area contributed by atoms with Gasteiger partial charge in [-0.15, -0.1) is 11.3 Å². The van der Waals surface area contributed by atoms with Gasteiger partial charge in [-0.25, -0.2) is 0 Å². The number of hydrogen-bond donors (Lipinski definition) is 0. The highest BCUT2D eigenvalue weighted by Gasteiger charge is 2.38. The molecule has 0 bridgehead atoms. The molecule has 0 fully saturated rings. The fourth-order valence-corrected chi connectivity index (χ4v) is 5.81. The Kier molecular flexibility index (Phi) is 3.23. The van der Waals surface area contributed by atoms with Crippen LogP contribution in [0.1, 0.15) is 28.6 Å². The Hall–Kier alpha value is -2.08. The Balaban J connectivity index is 1.82. The molecule has 4 nitrogen and oxygen atoms in total. The molecule has 27 heavy (non-hydrogen) atoms. The van der Waals surface area contributed by atoms with Crippen LogP contribution < -0.4 is 0 Å². The van der Waals surface area contributed by atoms with Crippen molar-refractivity contribution in [1.82, 2.24) is 14.6 Å². The van der Waals surface area contributed by atoms with Crippen LogP contribution in [0.15, 0.2) is 33.5 Å². The SMILES string of the molecule is Cc1noc2c1-c1cscc1-n1c3c(c4cc(Cl)ccc41)CCN(C)CC23. The summed E-state index contributed by atoms with van der Waals surface area (Å²) < 4.78 is 8.40. The molecular weight excluding hydrogens is 378 g/mol. The third-order valence-corrected chi connectivity index (χ3v) is 6.97. The van der Waals surface area contributed by atoms with Crippen LogP contribution >= 0.6 is 22.9 Å². The van der Waals surface area contributed by atoms with E-state index in [4.69, 9.17) is 16.1 Å². The highest BCUT2D eigenvalue weighted by atomic mass is 35.5. The summed E-state index contributed by atoms with van der Waals surface area (Å²) in [4.78, 5) is 2.39. The van der Waals surface area contributed by atoms with Crippen LogP contribution in [0.2, 0.25) is 5.02 Å². The zero-order valence-corrected chi connectivity index (χ0v) is 16.7. The molecule has 6 rings (SSSR count). The van der Waals surface area contributed by atoms with Crippen molar-refractivity contribution in [3.8, 4) is 16.8 Å². The lowest BCUT2D eigenvalue weighted by Gasteiger charge is -2.20. The average molecular weight is 396 g/mol. The number of aryl methyl sites for hydroxylation is 1. The predicted molar refractivity (Wildman–Crippen MR) is 109 cm³/mol. The molecule has 5 heterocycles. The van der Waals surface area contributed by atoms with Crippen LogP contribution in [0.25, 0.3) is 27.7 Å². The van der Waals surface area contributed by atoms with Crippen LogP contribution in [-0.2, 0) is 6.42 Å². The molecule has 0 amide bonds. The zero-order valence-electron chi connectivity index (χ0n) is 15.1.